The van der Waals surface area contributed by atoms with E-state index in [2.05, 4.69) is 20.7 Å². The Kier molecular flexibility index (Phi) is 4.06. The minimum Gasteiger partial charge on any atom is -0.275 e. The van der Waals surface area contributed by atoms with Crippen molar-refractivity contribution in [3.63, 3.8) is 0 Å². The second-order valence-corrected chi connectivity index (χ2v) is 4.03. The van der Waals surface area contributed by atoms with Gasteiger partial charge in [-0.05, 0) is 0 Å². The molecule has 9 heteroatoms. The van der Waals surface area contributed by atoms with Gasteiger partial charge in [-0.3, -0.25) is 20.3 Å². The van der Waals surface area contributed by atoms with Crippen LogP contribution in [0.5, 0.6) is 0 Å². The van der Waals surface area contributed by atoms with Crippen molar-refractivity contribution in [2.45, 2.75) is 0 Å². The summed E-state index contributed by atoms with van der Waals surface area (Å²) >= 11 is 5.73. The normalized spacial score (nSPS) is 10.7. The number of nitro groups is 1. The van der Waals surface area contributed by atoms with Crippen molar-refractivity contribution in [1.82, 2.24) is 10.2 Å². The molecule has 0 amide bonds. The van der Waals surface area contributed by atoms with Gasteiger partial charge in [-0.25, -0.2) is 5.10 Å². The number of anilines is 1. The van der Waals surface area contributed by atoms with E-state index in [0.717, 1.165) is 0 Å². The summed E-state index contributed by atoms with van der Waals surface area (Å²) in [7, 11) is 0. The van der Waals surface area contributed by atoms with Crippen LogP contribution in [0.1, 0.15) is 5.56 Å². The summed E-state index contributed by atoms with van der Waals surface area (Å²) in [5, 5.41) is 20.1. The monoisotopic (exact) mass is 293 g/mol. The quantitative estimate of drug-likeness (QED) is 0.507. The number of hydrazone groups is 1. The first kappa shape index (κ1) is 13.7. The molecule has 0 radical (unpaired) electrons. The lowest BCUT2D eigenvalue weighted by Gasteiger charge is -2.00. The summed E-state index contributed by atoms with van der Waals surface area (Å²) in [6, 6.07) is 5.93. The van der Waals surface area contributed by atoms with E-state index < -0.39 is 10.5 Å². The molecule has 0 aliphatic heterocycles. The Labute approximate surface area is 117 Å². The first-order valence-corrected chi connectivity index (χ1v) is 5.72. The maximum Gasteiger partial charge on any atom is 0.285 e. The molecule has 0 atom stereocenters. The van der Waals surface area contributed by atoms with Gasteiger partial charge in [0.1, 0.15) is 10.7 Å². The third kappa shape index (κ3) is 3.18. The van der Waals surface area contributed by atoms with E-state index in [1.165, 1.54) is 24.5 Å². The number of hydrogen-bond donors (Lipinski definition) is 2. The fourth-order valence-corrected chi connectivity index (χ4v) is 1.49. The van der Waals surface area contributed by atoms with E-state index in [4.69, 9.17) is 11.6 Å². The molecule has 8 nitrogen and oxygen atoms in total. The van der Waals surface area contributed by atoms with E-state index in [1.807, 2.05) is 0 Å². The minimum absolute atomic E-state index is 0.0372. The zero-order chi connectivity index (χ0) is 14.5. The summed E-state index contributed by atoms with van der Waals surface area (Å²) in [5.74, 6) is 0. The van der Waals surface area contributed by atoms with Gasteiger partial charge in [0.15, 0.2) is 0 Å². The molecule has 20 heavy (non-hydrogen) atoms. The maximum atomic E-state index is 11.2. The first-order valence-electron chi connectivity index (χ1n) is 5.34. The average molecular weight is 294 g/mol. The van der Waals surface area contributed by atoms with Crippen LogP contribution in [0.15, 0.2) is 40.4 Å². The Bertz CT molecular complexity index is 728. The highest BCUT2D eigenvalue weighted by molar-refractivity contribution is 6.32. The topological polar surface area (TPSA) is 113 Å². The molecule has 102 valence electrons. The number of halogens is 1. The molecule has 0 bridgehead atoms. The van der Waals surface area contributed by atoms with Gasteiger partial charge in [0.05, 0.1) is 17.3 Å². The van der Waals surface area contributed by atoms with Crippen molar-refractivity contribution in [3.8, 4) is 0 Å². The van der Waals surface area contributed by atoms with E-state index in [-0.39, 0.29) is 16.4 Å². The van der Waals surface area contributed by atoms with Crippen LogP contribution in [0.3, 0.4) is 0 Å². The van der Waals surface area contributed by atoms with Gasteiger partial charge < -0.3 is 0 Å². The number of nitrogens with zero attached hydrogens (tertiary/aromatic N) is 3. The van der Waals surface area contributed by atoms with Crippen molar-refractivity contribution in [2.75, 3.05) is 5.43 Å². The molecule has 0 unspecified atom stereocenters. The zero-order valence-electron chi connectivity index (χ0n) is 9.91. The Morgan fingerprint density at radius 1 is 1.50 bits per heavy atom. The number of hydrogen-bond acceptors (Lipinski definition) is 6. The highest BCUT2D eigenvalue weighted by Gasteiger charge is 2.05. The lowest BCUT2D eigenvalue weighted by Crippen LogP contribution is -2.10. The number of nitrogens with one attached hydrogen (secondary N) is 2. The van der Waals surface area contributed by atoms with Crippen molar-refractivity contribution in [2.24, 2.45) is 5.10 Å². The van der Waals surface area contributed by atoms with Crippen LogP contribution < -0.4 is 11.0 Å². The van der Waals surface area contributed by atoms with E-state index in [1.54, 1.807) is 12.1 Å². The van der Waals surface area contributed by atoms with E-state index >= 15 is 0 Å². The molecule has 2 N–H and O–H groups in total. The Morgan fingerprint density at radius 2 is 2.30 bits per heavy atom. The number of aromatic nitrogens is 2. The van der Waals surface area contributed by atoms with E-state index in [0.29, 0.717) is 5.56 Å². The summed E-state index contributed by atoms with van der Waals surface area (Å²) in [4.78, 5) is 21.3. The molecule has 2 aromatic rings. The van der Waals surface area contributed by atoms with Gasteiger partial charge >= 0.3 is 0 Å². The zero-order valence-corrected chi connectivity index (χ0v) is 10.7. The number of benzene rings is 1. The van der Waals surface area contributed by atoms with Crippen LogP contribution in [0.4, 0.5) is 11.4 Å². The summed E-state index contributed by atoms with van der Waals surface area (Å²) in [6.45, 7) is 0. The number of non-ortho nitro benzene ring substituents is 1. The molecule has 1 aromatic heterocycles. The van der Waals surface area contributed by atoms with Crippen LogP contribution in [0.25, 0.3) is 0 Å². The van der Waals surface area contributed by atoms with Gasteiger partial charge in [-0.2, -0.15) is 10.2 Å². The standard InChI is InChI=1S/C11H8ClN5O3/c12-10-9(6-14-16-11(10)18)15-13-5-7-2-1-3-8(4-7)17(19)20/h1-6H,(H2,15,16,18). The highest BCUT2D eigenvalue weighted by Crippen LogP contribution is 2.14. The fourth-order valence-electron chi connectivity index (χ4n) is 1.36. The molecule has 0 saturated heterocycles. The smallest absolute Gasteiger partial charge is 0.275 e. The van der Waals surface area contributed by atoms with Crippen LogP contribution in [-0.2, 0) is 0 Å². The molecule has 0 fully saturated rings. The molecule has 0 aliphatic rings. The number of rotatable bonds is 4. The average Bonchev–Trinajstić information content (AvgIpc) is 2.44. The molecular weight excluding hydrogens is 286 g/mol. The largest absolute Gasteiger partial charge is 0.285 e. The van der Waals surface area contributed by atoms with Crippen molar-refractivity contribution in [1.29, 1.82) is 0 Å². The van der Waals surface area contributed by atoms with Crippen molar-refractivity contribution >= 4 is 29.2 Å². The SMILES string of the molecule is O=c1[nH]ncc(NN=Cc2cccc([N+](=O)[O-])c2)c1Cl. The van der Waals surface area contributed by atoms with Crippen LogP contribution >= 0.6 is 11.6 Å². The minimum atomic E-state index is -0.540. The van der Waals surface area contributed by atoms with Crippen molar-refractivity contribution < 1.29 is 4.92 Å². The second kappa shape index (κ2) is 5.93. The molecule has 0 aliphatic carbocycles. The number of nitro benzene ring substituents is 1. The molecule has 0 saturated carbocycles. The first-order chi connectivity index (χ1) is 9.58. The number of H-pyrrole nitrogens is 1. The molecule has 1 heterocycles. The fraction of sp³-hybridized carbons (Fsp3) is 0. The Morgan fingerprint density at radius 3 is 3.05 bits per heavy atom. The lowest BCUT2D eigenvalue weighted by atomic mass is 10.2. The Balaban J connectivity index is 2.14. The predicted molar refractivity (Wildman–Crippen MR) is 74.2 cm³/mol. The maximum absolute atomic E-state index is 11.2. The lowest BCUT2D eigenvalue weighted by molar-refractivity contribution is -0.384. The molecule has 2 rings (SSSR count). The number of aromatic amines is 1. The van der Waals surface area contributed by atoms with Crippen LogP contribution in [-0.4, -0.2) is 21.3 Å². The van der Waals surface area contributed by atoms with Gasteiger partial charge in [-0.15, -0.1) is 0 Å². The third-order valence-corrected chi connectivity index (χ3v) is 2.65. The Hall–Kier alpha value is -2.74. The highest BCUT2D eigenvalue weighted by atomic mass is 35.5. The van der Waals surface area contributed by atoms with Gasteiger partial charge in [0.25, 0.3) is 11.2 Å². The molecular formula is C11H8ClN5O3. The van der Waals surface area contributed by atoms with Gasteiger partial charge in [0, 0.05) is 17.7 Å². The molecule has 1 aromatic carbocycles. The van der Waals surface area contributed by atoms with Crippen molar-refractivity contribution in [3.05, 3.63) is 61.5 Å². The summed E-state index contributed by atoms with van der Waals surface area (Å²) < 4.78 is 0. The summed E-state index contributed by atoms with van der Waals surface area (Å²) in [6.07, 6.45) is 2.67. The van der Waals surface area contributed by atoms with E-state index in [9.17, 15) is 14.9 Å². The predicted octanol–water partition coefficient (Wildman–Crippen LogP) is 1.78. The molecule has 0 spiro atoms. The second-order valence-electron chi connectivity index (χ2n) is 3.65. The summed E-state index contributed by atoms with van der Waals surface area (Å²) in [5.41, 5.74) is 2.72. The van der Waals surface area contributed by atoms with Crippen LogP contribution in [0.2, 0.25) is 5.02 Å². The van der Waals surface area contributed by atoms with Gasteiger partial charge in [-0.1, -0.05) is 23.7 Å². The third-order valence-electron chi connectivity index (χ3n) is 2.28. The van der Waals surface area contributed by atoms with Crippen LogP contribution in [0, 0.1) is 10.1 Å². The van der Waals surface area contributed by atoms with Gasteiger partial charge in [0.2, 0.25) is 0 Å².